The summed E-state index contributed by atoms with van der Waals surface area (Å²) in [7, 11) is 3.13. The monoisotopic (exact) mass is 172 g/mol. The Morgan fingerprint density at radius 2 is 2.14 bits per heavy atom. The Morgan fingerprint density at radius 3 is 2.29 bits per heavy atom. The molecule has 0 radical (unpaired) electrons. The summed E-state index contributed by atoms with van der Waals surface area (Å²) in [6.07, 6.45) is 0. The molecule has 7 heavy (non-hydrogen) atoms. The lowest BCUT2D eigenvalue weighted by Crippen LogP contribution is -1.93. The molecule has 0 aliphatic carbocycles. The second-order valence-electron chi connectivity index (χ2n) is 1.21. The number of thiol groups is 2. The maximum atomic E-state index is 4.02. The molecule has 4 heteroatoms. The molecule has 0 aliphatic heterocycles. The molecule has 0 aromatic heterocycles. The van der Waals surface area contributed by atoms with Crippen molar-refractivity contribution in [3.63, 3.8) is 0 Å². The van der Waals surface area contributed by atoms with Crippen LogP contribution < -0.4 is 0 Å². The predicted octanol–water partition coefficient (Wildman–Crippen LogP) is 2.53. The fourth-order valence-electron chi connectivity index (χ4n) is 0.135. The summed E-state index contributed by atoms with van der Waals surface area (Å²) in [4.78, 5) is 0. The average molecular weight is 172 g/mol. The van der Waals surface area contributed by atoms with Crippen LogP contribution in [0.15, 0.2) is 0 Å². The van der Waals surface area contributed by atoms with E-state index in [0.29, 0.717) is 5.25 Å². The Morgan fingerprint density at radius 1 is 1.57 bits per heavy atom. The van der Waals surface area contributed by atoms with Crippen molar-refractivity contribution in [1.29, 1.82) is 0 Å². The average Bonchev–Trinajstić information content (AvgIpc) is 1.68. The minimum atomic E-state index is 0.617. The van der Waals surface area contributed by atoms with Crippen molar-refractivity contribution in [3.05, 3.63) is 0 Å². The van der Waals surface area contributed by atoms with Crippen molar-refractivity contribution in [2.75, 3.05) is 5.75 Å². The van der Waals surface area contributed by atoms with Crippen LogP contribution in [0.2, 0.25) is 0 Å². The van der Waals surface area contributed by atoms with Crippen molar-refractivity contribution in [3.8, 4) is 0 Å². The van der Waals surface area contributed by atoms with Crippen molar-refractivity contribution in [2.45, 2.75) is 12.2 Å². The quantitative estimate of drug-likeness (QED) is 0.496. The van der Waals surface area contributed by atoms with Gasteiger partial charge in [-0.15, -0.1) is 23.3 Å². The Kier molecular flexibility index (Phi) is 6.64. The zero-order valence-corrected chi connectivity index (χ0v) is 7.42. The van der Waals surface area contributed by atoms with Crippen molar-refractivity contribution in [2.24, 2.45) is 0 Å². The normalized spacial score (nSPS) is 14.1. The topological polar surface area (TPSA) is 0 Å². The van der Waals surface area contributed by atoms with Crippen molar-refractivity contribution >= 4 is 44.9 Å². The van der Waals surface area contributed by atoms with Crippen molar-refractivity contribution in [1.82, 2.24) is 0 Å². The summed E-state index contributed by atoms with van der Waals surface area (Å²) in [5.74, 6) is 1.07. The first-order chi connectivity index (χ1) is 3.31. The molecule has 44 valence electrons. The molecule has 0 rings (SSSR count). The van der Waals surface area contributed by atoms with E-state index in [1.54, 1.807) is 21.6 Å². The molecule has 0 N–H and O–H groups in total. The predicted molar refractivity (Wildman–Crippen MR) is 47.5 cm³/mol. The van der Waals surface area contributed by atoms with Gasteiger partial charge < -0.3 is 0 Å². The van der Waals surface area contributed by atoms with Crippen LogP contribution in [0.4, 0.5) is 0 Å². The van der Waals surface area contributed by atoms with Gasteiger partial charge in [0.2, 0.25) is 0 Å². The molecular weight excluding hydrogens is 164 g/mol. The molecule has 0 nitrogen and oxygen atoms in total. The van der Waals surface area contributed by atoms with Gasteiger partial charge >= 0.3 is 0 Å². The Labute approximate surface area is 62.8 Å². The molecule has 0 spiro atoms. The third-order valence-corrected chi connectivity index (χ3v) is 3.40. The first-order valence-electron chi connectivity index (χ1n) is 1.88. The molecule has 0 heterocycles. The van der Waals surface area contributed by atoms with Crippen LogP contribution >= 0.6 is 44.9 Å². The smallest absolute Gasteiger partial charge is 0.0219 e. The first kappa shape index (κ1) is 8.40. The van der Waals surface area contributed by atoms with Gasteiger partial charge in [0.15, 0.2) is 0 Å². The van der Waals surface area contributed by atoms with Crippen LogP contribution in [0, 0.1) is 0 Å². The van der Waals surface area contributed by atoms with Crippen molar-refractivity contribution < 1.29 is 0 Å². The second kappa shape index (κ2) is 5.54. The van der Waals surface area contributed by atoms with E-state index < -0.39 is 0 Å². The van der Waals surface area contributed by atoms with Crippen LogP contribution in [0.1, 0.15) is 6.92 Å². The van der Waals surface area contributed by atoms with Gasteiger partial charge in [0.05, 0.1) is 0 Å². The van der Waals surface area contributed by atoms with Gasteiger partial charge in [0.1, 0.15) is 0 Å². The van der Waals surface area contributed by atoms with Gasteiger partial charge in [-0.3, -0.25) is 0 Å². The molecule has 0 fully saturated rings. The summed E-state index contributed by atoms with van der Waals surface area (Å²) in [6, 6.07) is 0. The van der Waals surface area contributed by atoms with E-state index in [2.05, 4.69) is 30.2 Å². The fourth-order valence-corrected chi connectivity index (χ4v) is 2.31. The van der Waals surface area contributed by atoms with E-state index in [1.165, 1.54) is 0 Å². The summed E-state index contributed by atoms with van der Waals surface area (Å²) < 4.78 is 0. The van der Waals surface area contributed by atoms with E-state index >= 15 is 0 Å². The molecule has 1 unspecified atom stereocenters. The molecule has 1 atom stereocenters. The van der Waals surface area contributed by atoms with Gasteiger partial charge in [-0.25, -0.2) is 0 Å². The van der Waals surface area contributed by atoms with E-state index in [4.69, 9.17) is 0 Å². The third kappa shape index (κ3) is 5.27. The zero-order chi connectivity index (χ0) is 5.70. The van der Waals surface area contributed by atoms with Crippen LogP contribution in [0.3, 0.4) is 0 Å². The standard InChI is InChI=1S/C3H8S4/c1-3(7-5)2-6-4/h3-5H,2H2,1H3. The second-order valence-corrected chi connectivity index (χ2v) is 4.23. The van der Waals surface area contributed by atoms with E-state index in [9.17, 15) is 0 Å². The number of rotatable bonds is 3. The highest BCUT2D eigenvalue weighted by Gasteiger charge is 1.95. The lowest BCUT2D eigenvalue weighted by atomic mass is 10.6. The van der Waals surface area contributed by atoms with Crippen LogP contribution in [0.5, 0.6) is 0 Å². The third-order valence-electron chi connectivity index (χ3n) is 0.489. The molecular formula is C3H8S4. The minimum Gasteiger partial charge on any atom is -0.111 e. The summed E-state index contributed by atoms with van der Waals surface area (Å²) >= 11 is 8.00. The lowest BCUT2D eigenvalue weighted by Gasteiger charge is -2.00. The Hall–Kier alpha value is 1.40. The van der Waals surface area contributed by atoms with E-state index in [1.807, 2.05) is 0 Å². The maximum Gasteiger partial charge on any atom is 0.0219 e. The lowest BCUT2D eigenvalue weighted by molar-refractivity contribution is 1.15. The summed E-state index contributed by atoms with van der Waals surface area (Å²) in [6.45, 7) is 2.13. The van der Waals surface area contributed by atoms with E-state index in [0.717, 1.165) is 5.75 Å². The number of hydrogen-bond acceptors (Lipinski definition) is 4. The number of hydrogen-bond donors (Lipinski definition) is 2. The maximum absolute atomic E-state index is 4.02. The summed E-state index contributed by atoms with van der Waals surface area (Å²) in [5, 5.41) is 0.617. The van der Waals surface area contributed by atoms with Gasteiger partial charge in [-0.2, -0.15) is 0 Å². The van der Waals surface area contributed by atoms with Gasteiger partial charge in [0, 0.05) is 11.0 Å². The van der Waals surface area contributed by atoms with Crippen LogP contribution in [0.25, 0.3) is 0 Å². The van der Waals surface area contributed by atoms with E-state index in [-0.39, 0.29) is 0 Å². The highest BCUT2D eigenvalue weighted by atomic mass is 33.1. The molecule has 0 aromatic carbocycles. The van der Waals surface area contributed by atoms with Gasteiger partial charge in [-0.05, 0) is 0 Å². The van der Waals surface area contributed by atoms with Crippen LogP contribution in [-0.2, 0) is 0 Å². The first-order valence-corrected chi connectivity index (χ1v) is 5.85. The van der Waals surface area contributed by atoms with Crippen LogP contribution in [-0.4, -0.2) is 11.0 Å². The SMILES string of the molecule is CC(CSS)SS. The molecule has 0 amide bonds. The Bertz CT molecular complexity index is 37.9. The largest absolute Gasteiger partial charge is 0.111 e. The van der Waals surface area contributed by atoms with Gasteiger partial charge in [-0.1, -0.05) is 28.5 Å². The Balaban J connectivity index is 2.83. The fraction of sp³-hybridized carbons (Fsp3) is 1.00. The summed E-state index contributed by atoms with van der Waals surface area (Å²) in [5.41, 5.74) is 0. The highest BCUT2D eigenvalue weighted by Crippen LogP contribution is 2.19. The minimum absolute atomic E-state index is 0.617. The highest BCUT2D eigenvalue weighted by molar-refractivity contribution is 8.70. The molecule has 0 aromatic rings. The molecule has 0 aliphatic rings. The zero-order valence-electron chi connectivity index (χ0n) is 4.00. The van der Waals surface area contributed by atoms with Gasteiger partial charge in [0.25, 0.3) is 0 Å². The molecule has 0 bridgehead atoms. The molecule has 0 saturated heterocycles. The molecule has 0 saturated carbocycles.